The Labute approximate surface area is 132 Å². The van der Waals surface area contributed by atoms with E-state index in [0.717, 1.165) is 43.5 Å². The van der Waals surface area contributed by atoms with Crippen molar-refractivity contribution in [1.82, 2.24) is 14.9 Å². The third-order valence-electron chi connectivity index (χ3n) is 4.04. The van der Waals surface area contributed by atoms with Gasteiger partial charge in [-0.05, 0) is 44.5 Å². The SMILES string of the molecule is Cc1cccc(OCC2CCCN(Cc3ccccn3)C2)n1. The maximum absolute atomic E-state index is 5.87. The average molecular weight is 297 g/mol. The lowest BCUT2D eigenvalue weighted by Crippen LogP contribution is -2.37. The van der Waals surface area contributed by atoms with E-state index in [1.165, 1.54) is 12.8 Å². The number of likely N-dealkylation sites (tertiary alicyclic amines) is 1. The molecule has 0 N–H and O–H groups in total. The second-order valence-electron chi connectivity index (χ2n) is 5.99. The van der Waals surface area contributed by atoms with Gasteiger partial charge in [-0.1, -0.05) is 12.1 Å². The molecule has 1 atom stereocenters. The van der Waals surface area contributed by atoms with Crippen LogP contribution in [-0.2, 0) is 6.54 Å². The molecular weight excluding hydrogens is 274 g/mol. The zero-order valence-corrected chi connectivity index (χ0v) is 13.1. The molecule has 0 amide bonds. The Balaban J connectivity index is 1.50. The number of piperidine rings is 1. The third kappa shape index (κ3) is 4.28. The van der Waals surface area contributed by atoms with Crippen LogP contribution in [0.4, 0.5) is 0 Å². The first kappa shape index (κ1) is 15.0. The van der Waals surface area contributed by atoms with Crippen LogP contribution in [0, 0.1) is 12.8 Å². The Morgan fingerprint density at radius 3 is 3.00 bits per heavy atom. The first-order chi connectivity index (χ1) is 10.8. The number of nitrogens with zero attached hydrogens (tertiary/aromatic N) is 3. The summed E-state index contributed by atoms with van der Waals surface area (Å²) in [4.78, 5) is 11.3. The van der Waals surface area contributed by atoms with Crippen molar-refractivity contribution in [2.75, 3.05) is 19.7 Å². The van der Waals surface area contributed by atoms with Crippen molar-refractivity contribution in [2.24, 2.45) is 5.92 Å². The molecule has 1 aliphatic rings. The summed E-state index contributed by atoms with van der Waals surface area (Å²) in [6.07, 6.45) is 4.32. The second-order valence-corrected chi connectivity index (χ2v) is 5.99. The number of hydrogen-bond acceptors (Lipinski definition) is 4. The molecule has 0 bridgehead atoms. The minimum Gasteiger partial charge on any atom is -0.477 e. The molecule has 22 heavy (non-hydrogen) atoms. The van der Waals surface area contributed by atoms with Crippen molar-refractivity contribution in [3.8, 4) is 5.88 Å². The fourth-order valence-electron chi connectivity index (χ4n) is 2.95. The first-order valence-corrected chi connectivity index (χ1v) is 7.98. The van der Waals surface area contributed by atoms with Crippen molar-refractivity contribution in [3.63, 3.8) is 0 Å². The first-order valence-electron chi connectivity index (χ1n) is 7.98. The Bertz CT molecular complexity index is 588. The van der Waals surface area contributed by atoms with Crippen LogP contribution in [-0.4, -0.2) is 34.6 Å². The smallest absolute Gasteiger partial charge is 0.213 e. The van der Waals surface area contributed by atoms with Gasteiger partial charge < -0.3 is 4.74 Å². The van der Waals surface area contributed by atoms with Crippen LogP contribution in [0.25, 0.3) is 0 Å². The van der Waals surface area contributed by atoms with E-state index in [2.05, 4.69) is 27.0 Å². The predicted octanol–water partition coefficient (Wildman–Crippen LogP) is 3.08. The summed E-state index contributed by atoms with van der Waals surface area (Å²) in [6.45, 7) is 5.88. The van der Waals surface area contributed by atoms with Gasteiger partial charge in [0.25, 0.3) is 0 Å². The number of pyridine rings is 2. The Hall–Kier alpha value is -1.94. The number of rotatable bonds is 5. The van der Waals surface area contributed by atoms with Gasteiger partial charge in [0.2, 0.25) is 5.88 Å². The number of ether oxygens (including phenoxy) is 1. The molecular formula is C18H23N3O. The molecule has 3 rings (SSSR count). The fraction of sp³-hybridized carbons (Fsp3) is 0.444. The normalized spacial score (nSPS) is 19.0. The number of aromatic nitrogens is 2. The molecule has 0 radical (unpaired) electrons. The van der Waals surface area contributed by atoms with Gasteiger partial charge >= 0.3 is 0 Å². The summed E-state index contributed by atoms with van der Waals surface area (Å²) in [5, 5.41) is 0. The van der Waals surface area contributed by atoms with Crippen molar-refractivity contribution < 1.29 is 4.74 Å². The topological polar surface area (TPSA) is 38.2 Å². The molecule has 0 spiro atoms. The number of hydrogen-bond donors (Lipinski definition) is 0. The van der Waals surface area contributed by atoms with Crippen LogP contribution in [0.1, 0.15) is 24.2 Å². The molecule has 1 unspecified atom stereocenters. The molecule has 1 aliphatic heterocycles. The molecule has 0 saturated carbocycles. The Kier molecular flexibility index (Phi) is 5.01. The fourth-order valence-corrected chi connectivity index (χ4v) is 2.95. The van der Waals surface area contributed by atoms with Gasteiger partial charge in [-0.25, -0.2) is 4.98 Å². The molecule has 116 valence electrons. The van der Waals surface area contributed by atoms with Gasteiger partial charge in [0, 0.05) is 37.0 Å². The summed E-state index contributed by atoms with van der Waals surface area (Å²) < 4.78 is 5.87. The molecule has 2 aromatic heterocycles. The van der Waals surface area contributed by atoms with Gasteiger partial charge in [-0.2, -0.15) is 0 Å². The van der Waals surface area contributed by atoms with Gasteiger partial charge in [0.1, 0.15) is 0 Å². The van der Waals surface area contributed by atoms with Crippen molar-refractivity contribution in [3.05, 3.63) is 54.0 Å². The average Bonchev–Trinajstić information content (AvgIpc) is 2.54. The van der Waals surface area contributed by atoms with Crippen molar-refractivity contribution in [1.29, 1.82) is 0 Å². The maximum Gasteiger partial charge on any atom is 0.213 e. The van der Waals surface area contributed by atoms with Gasteiger partial charge in [-0.15, -0.1) is 0 Å². The number of aryl methyl sites for hydroxylation is 1. The van der Waals surface area contributed by atoms with Crippen LogP contribution >= 0.6 is 0 Å². The standard InChI is InChI=1S/C18H23N3O/c1-15-6-4-9-18(20-15)22-14-16-7-5-11-21(12-16)13-17-8-2-3-10-19-17/h2-4,6,8-10,16H,5,7,11-14H2,1H3. The maximum atomic E-state index is 5.87. The van der Waals surface area contributed by atoms with Gasteiger partial charge in [-0.3, -0.25) is 9.88 Å². The highest BCUT2D eigenvalue weighted by Gasteiger charge is 2.21. The Morgan fingerprint density at radius 2 is 2.18 bits per heavy atom. The molecule has 1 saturated heterocycles. The van der Waals surface area contributed by atoms with E-state index in [1.54, 1.807) is 0 Å². The molecule has 1 fully saturated rings. The molecule has 0 aromatic carbocycles. The van der Waals surface area contributed by atoms with Crippen LogP contribution in [0.2, 0.25) is 0 Å². The molecule has 3 heterocycles. The van der Waals surface area contributed by atoms with E-state index in [-0.39, 0.29) is 0 Å². The van der Waals surface area contributed by atoms with E-state index in [1.807, 2.05) is 37.4 Å². The van der Waals surface area contributed by atoms with Crippen molar-refractivity contribution >= 4 is 0 Å². The highest BCUT2D eigenvalue weighted by atomic mass is 16.5. The molecule has 0 aliphatic carbocycles. The van der Waals surface area contributed by atoms with E-state index >= 15 is 0 Å². The van der Waals surface area contributed by atoms with Crippen LogP contribution in [0.3, 0.4) is 0 Å². The lowest BCUT2D eigenvalue weighted by atomic mass is 9.99. The minimum atomic E-state index is 0.569. The Morgan fingerprint density at radius 1 is 1.23 bits per heavy atom. The van der Waals surface area contributed by atoms with E-state index in [0.29, 0.717) is 5.92 Å². The van der Waals surface area contributed by atoms with Gasteiger partial charge in [0.15, 0.2) is 0 Å². The summed E-state index contributed by atoms with van der Waals surface area (Å²) in [5.74, 6) is 1.31. The van der Waals surface area contributed by atoms with E-state index in [4.69, 9.17) is 4.74 Å². The highest BCUT2D eigenvalue weighted by molar-refractivity contribution is 5.14. The van der Waals surface area contributed by atoms with Crippen LogP contribution in [0.15, 0.2) is 42.6 Å². The van der Waals surface area contributed by atoms with E-state index < -0.39 is 0 Å². The van der Waals surface area contributed by atoms with Gasteiger partial charge in [0.05, 0.1) is 12.3 Å². The lowest BCUT2D eigenvalue weighted by Gasteiger charge is -2.32. The third-order valence-corrected chi connectivity index (χ3v) is 4.04. The van der Waals surface area contributed by atoms with E-state index in [9.17, 15) is 0 Å². The molecule has 2 aromatic rings. The highest BCUT2D eigenvalue weighted by Crippen LogP contribution is 2.19. The zero-order chi connectivity index (χ0) is 15.2. The predicted molar refractivity (Wildman–Crippen MR) is 86.7 cm³/mol. The molecule has 4 nitrogen and oxygen atoms in total. The summed E-state index contributed by atoms with van der Waals surface area (Å²) >= 11 is 0. The second kappa shape index (κ2) is 7.36. The summed E-state index contributed by atoms with van der Waals surface area (Å²) in [7, 11) is 0. The summed E-state index contributed by atoms with van der Waals surface area (Å²) in [5.41, 5.74) is 2.14. The van der Waals surface area contributed by atoms with Crippen LogP contribution < -0.4 is 4.74 Å². The lowest BCUT2D eigenvalue weighted by molar-refractivity contribution is 0.122. The zero-order valence-electron chi connectivity index (χ0n) is 13.1. The molecule has 4 heteroatoms. The largest absolute Gasteiger partial charge is 0.477 e. The van der Waals surface area contributed by atoms with Crippen LogP contribution in [0.5, 0.6) is 5.88 Å². The minimum absolute atomic E-state index is 0.569. The quantitative estimate of drug-likeness (QED) is 0.850. The van der Waals surface area contributed by atoms with Crippen molar-refractivity contribution in [2.45, 2.75) is 26.3 Å². The summed E-state index contributed by atoms with van der Waals surface area (Å²) in [6, 6.07) is 12.0. The monoisotopic (exact) mass is 297 g/mol.